The smallest absolute Gasteiger partial charge is 0.272 e. The van der Waals surface area contributed by atoms with Crippen LogP contribution in [0.15, 0.2) is 83.0 Å². The predicted octanol–water partition coefficient (Wildman–Crippen LogP) is 5.42. The van der Waals surface area contributed by atoms with Gasteiger partial charge in [0.05, 0.1) is 21.2 Å². The molecule has 0 fully saturated rings. The maximum absolute atomic E-state index is 12.9. The fraction of sp³-hybridized carbons (Fsp3) is 0. The van der Waals surface area contributed by atoms with E-state index in [1.165, 1.54) is 30.3 Å². The van der Waals surface area contributed by atoms with Crippen molar-refractivity contribution in [2.45, 2.75) is 0 Å². The largest absolute Gasteiger partial charge is 0.319 e. The Balaban J connectivity index is 1.93. The molecule has 0 atom stereocenters. The summed E-state index contributed by atoms with van der Waals surface area (Å²) < 4.78 is 0.564. The van der Waals surface area contributed by atoms with Gasteiger partial charge in [-0.2, -0.15) is 0 Å². The number of hydrogen-bond donors (Lipinski definition) is 2. The molecule has 9 heteroatoms. The minimum atomic E-state index is -0.605. The van der Waals surface area contributed by atoms with Gasteiger partial charge >= 0.3 is 0 Å². The zero-order valence-electron chi connectivity index (χ0n) is 15.8. The molecule has 0 heterocycles. The van der Waals surface area contributed by atoms with Crippen LogP contribution in [-0.2, 0) is 4.79 Å². The molecule has 7 nitrogen and oxygen atoms in total. The van der Waals surface area contributed by atoms with E-state index in [0.29, 0.717) is 26.3 Å². The van der Waals surface area contributed by atoms with Crippen molar-refractivity contribution in [1.29, 1.82) is 0 Å². The Bertz CT molecular complexity index is 1180. The standard InChI is InChI=1S/C22H15BrClN3O4/c23-17-6-2-1-5-16(17)21(28)26-20(13-14-9-11-15(12-10-14)27(30)31)22(29)25-19-8-4-3-7-18(19)24/h1-13H,(H,25,29)(H,26,28)/b20-13+. The van der Waals surface area contributed by atoms with E-state index in [9.17, 15) is 19.7 Å². The molecule has 0 aromatic heterocycles. The number of rotatable bonds is 6. The number of para-hydroxylation sites is 1. The maximum atomic E-state index is 12.9. The van der Waals surface area contributed by atoms with E-state index in [2.05, 4.69) is 26.6 Å². The molecule has 0 unspecified atom stereocenters. The third kappa shape index (κ3) is 5.78. The Morgan fingerprint density at radius 1 is 0.968 bits per heavy atom. The third-order valence-electron chi connectivity index (χ3n) is 4.15. The van der Waals surface area contributed by atoms with Crippen LogP contribution >= 0.6 is 27.5 Å². The minimum Gasteiger partial charge on any atom is -0.319 e. The number of nitrogens with one attached hydrogen (secondary N) is 2. The van der Waals surface area contributed by atoms with Crippen LogP contribution in [0.25, 0.3) is 6.08 Å². The van der Waals surface area contributed by atoms with Crippen LogP contribution in [0.1, 0.15) is 15.9 Å². The van der Waals surface area contributed by atoms with E-state index in [4.69, 9.17) is 11.6 Å². The zero-order valence-corrected chi connectivity index (χ0v) is 18.2. The van der Waals surface area contributed by atoms with Gasteiger partial charge in [0.1, 0.15) is 5.70 Å². The monoisotopic (exact) mass is 499 g/mol. The zero-order chi connectivity index (χ0) is 22.4. The van der Waals surface area contributed by atoms with Gasteiger partial charge in [0.2, 0.25) is 0 Å². The molecule has 0 aliphatic rings. The van der Waals surface area contributed by atoms with Crippen molar-refractivity contribution in [2.24, 2.45) is 0 Å². The lowest BCUT2D eigenvalue weighted by Gasteiger charge is -2.13. The molecule has 2 N–H and O–H groups in total. The van der Waals surface area contributed by atoms with Gasteiger partial charge in [-0.25, -0.2) is 0 Å². The summed E-state index contributed by atoms with van der Waals surface area (Å²) in [5, 5.41) is 16.5. The molecule has 0 bridgehead atoms. The first-order chi connectivity index (χ1) is 14.8. The van der Waals surface area contributed by atoms with E-state index >= 15 is 0 Å². The second-order valence-electron chi connectivity index (χ2n) is 6.27. The van der Waals surface area contributed by atoms with Crippen molar-refractivity contribution in [3.05, 3.63) is 109 Å². The molecule has 3 aromatic rings. The van der Waals surface area contributed by atoms with E-state index in [1.54, 1.807) is 48.5 Å². The van der Waals surface area contributed by atoms with Gasteiger partial charge < -0.3 is 10.6 Å². The van der Waals surface area contributed by atoms with Gasteiger partial charge in [-0.3, -0.25) is 19.7 Å². The van der Waals surface area contributed by atoms with Crippen molar-refractivity contribution >= 4 is 56.8 Å². The number of amides is 2. The Labute approximate surface area is 191 Å². The molecular weight excluding hydrogens is 486 g/mol. The lowest BCUT2D eigenvalue weighted by molar-refractivity contribution is -0.384. The predicted molar refractivity (Wildman–Crippen MR) is 123 cm³/mol. The maximum Gasteiger partial charge on any atom is 0.272 e. The average Bonchev–Trinajstić information content (AvgIpc) is 2.75. The number of non-ortho nitro benzene ring substituents is 1. The number of halogens is 2. The Kier molecular flexibility index (Phi) is 7.17. The fourth-order valence-electron chi connectivity index (χ4n) is 2.60. The minimum absolute atomic E-state index is 0.0606. The number of anilines is 1. The van der Waals surface area contributed by atoms with Crippen LogP contribution in [0.3, 0.4) is 0 Å². The second kappa shape index (κ2) is 10.0. The van der Waals surface area contributed by atoms with Gasteiger partial charge in [-0.15, -0.1) is 0 Å². The van der Waals surface area contributed by atoms with E-state index < -0.39 is 16.7 Å². The molecule has 0 saturated carbocycles. The van der Waals surface area contributed by atoms with Crippen LogP contribution < -0.4 is 10.6 Å². The van der Waals surface area contributed by atoms with Crippen molar-refractivity contribution in [2.75, 3.05) is 5.32 Å². The van der Waals surface area contributed by atoms with Gasteiger partial charge in [-0.05, 0) is 64.0 Å². The van der Waals surface area contributed by atoms with E-state index in [-0.39, 0.29) is 11.4 Å². The average molecular weight is 501 g/mol. The lowest BCUT2D eigenvalue weighted by Crippen LogP contribution is -2.31. The number of benzene rings is 3. The Morgan fingerprint density at radius 2 is 1.61 bits per heavy atom. The summed E-state index contributed by atoms with van der Waals surface area (Å²) in [5.41, 5.74) is 1.05. The lowest BCUT2D eigenvalue weighted by atomic mass is 10.1. The van der Waals surface area contributed by atoms with Crippen LogP contribution in [0.5, 0.6) is 0 Å². The molecule has 2 amide bonds. The Morgan fingerprint density at radius 3 is 2.26 bits per heavy atom. The summed E-state index contributed by atoms with van der Waals surface area (Å²) in [6, 6.07) is 19.0. The number of nitro benzene ring substituents is 1. The van der Waals surface area contributed by atoms with Crippen molar-refractivity contribution in [3.8, 4) is 0 Å². The summed E-state index contributed by atoms with van der Waals surface area (Å²) in [4.78, 5) is 36.0. The summed E-state index contributed by atoms with van der Waals surface area (Å²) in [6.45, 7) is 0. The third-order valence-corrected chi connectivity index (χ3v) is 5.17. The highest BCUT2D eigenvalue weighted by atomic mass is 79.9. The second-order valence-corrected chi connectivity index (χ2v) is 7.54. The number of carbonyl (C=O) groups excluding carboxylic acids is 2. The first-order valence-electron chi connectivity index (χ1n) is 8.93. The van der Waals surface area contributed by atoms with Gasteiger partial charge in [0.25, 0.3) is 17.5 Å². The summed E-state index contributed by atoms with van der Waals surface area (Å²) in [7, 11) is 0. The van der Waals surface area contributed by atoms with Crippen molar-refractivity contribution in [1.82, 2.24) is 5.32 Å². The van der Waals surface area contributed by atoms with Crippen LogP contribution in [-0.4, -0.2) is 16.7 Å². The molecule has 0 saturated heterocycles. The quantitative estimate of drug-likeness (QED) is 0.268. The van der Waals surface area contributed by atoms with Crippen LogP contribution in [0.2, 0.25) is 5.02 Å². The topological polar surface area (TPSA) is 101 Å². The molecule has 156 valence electrons. The summed E-state index contributed by atoms with van der Waals surface area (Å²) in [5.74, 6) is -1.11. The van der Waals surface area contributed by atoms with Crippen LogP contribution in [0, 0.1) is 10.1 Å². The highest BCUT2D eigenvalue weighted by Gasteiger charge is 2.17. The number of nitro groups is 1. The molecule has 0 aliphatic heterocycles. The highest BCUT2D eigenvalue weighted by molar-refractivity contribution is 9.10. The van der Waals surface area contributed by atoms with Gasteiger partial charge in [0, 0.05) is 16.6 Å². The fourth-order valence-corrected chi connectivity index (χ4v) is 3.25. The van der Waals surface area contributed by atoms with Crippen molar-refractivity contribution in [3.63, 3.8) is 0 Å². The SMILES string of the molecule is O=C(Nc1ccccc1Cl)/C(=C\c1ccc([N+](=O)[O-])cc1)NC(=O)c1ccccc1Br. The highest BCUT2D eigenvalue weighted by Crippen LogP contribution is 2.22. The first kappa shape index (κ1) is 22.2. The summed E-state index contributed by atoms with van der Waals surface area (Å²) in [6.07, 6.45) is 1.42. The molecular formula is C22H15BrClN3O4. The number of carbonyl (C=O) groups is 2. The Hall–Kier alpha value is -3.49. The van der Waals surface area contributed by atoms with Crippen LogP contribution in [0.4, 0.5) is 11.4 Å². The van der Waals surface area contributed by atoms with Gasteiger partial charge in [-0.1, -0.05) is 35.9 Å². The molecule has 0 aliphatic carbocycles. The summed E-state index contributed by atoms with van der Waals surface area (Å²) >= 11 is 9.42. The molecule has 3 aromatic carbocycles. The van der Waals surface area contributed by atoms with E-state index in [1.807, 2.05) is 0 Å². The molecule has 3 rings (SSSR count). The molecule has 31 heavy (non-hydrogen) atoms. The molecule has 0 radical (unpaired) electrons. The number of nitrogens with zero attached hydrogens (tertiary/aromatic N) is 1. The van der Waals surface area contributed by atoms with Gasteiger partial charge in [0.15, 0.2) is 0 Å². The first-order valence-corrected chi connectivity index (χ1v) is 10.1. The van der Waals surface area contributed by atoms with Crippen molar-refractivity contribution < 1.29 is 14.5 Å². The normalized spacial score (nSPS) is 11.0. The van der Waals surface area contributed by atoms with E-state index in [0.717, 1.165) is 0 Å². The number of hydrogen-bond acceptors (Lipinski definition) is 4. The molecule has 0 spiro atoms.